The first kappa shape index (κ1) is 15.0. The zero-order chi connectivity index (χ0) is 14.4. The zero-order valence-corrected chi connectivity index (χ0v) is 12.7. The van der Waals surface area contributed by atoms with Crippen molar-refractivity contribution in [3.05, 3.63) is 47.8 Å². The number of alkyl halides is 1. The Hall–Kier alpha value is -1.42. The topological polar surface area (TPSA) is 29.1 Å². The Morgan fingerprint density at radius 2 is 1.80 bits per heavy atom. The number of nitrogens with one attached hydrogen (secondary N) is 1. The summed E-state index contributed by atoms with van der Waals surface area (Å²) >= 11 is 3.38. The number of rotatable bonds is 6. The smallest absolute Gasteiger partial charge is 0.251 e. The maximum atomic E-state index is 13.7. The Labute approximate surface area is 126 Å². The lowest BCUT2D eigenvalue weighted by molar-refractivity contribution is 0.0954. The maximum Gasteiger partial charge on any atom is 0.251 e. The molecule has 0 saturated carbocycles. The molecule has 1 amide bonds. The molecule has 0 spiro atoms. The van der Waals surface area contributed by atoms with Crippen LogP contribution in [0.4, 0.5) is 4.39 Å². The van der Waals surface area contributed by atoms with E-state index in [4.69, 9.17) is 0 Å². The Bertz CT molecular complexity index is 600. The number of hydrogen-bond acceptors (Lipinski definition) is 1. The van der Waals surface area contributed by atoms with Crippen LogP contribution in [0.3, 0.4) is 0 Å². The number of unbranched alkanes of at least 4 members (excludes halogenated alkanes) is 2. The molecule has 2 aromatic rings. The Morgan fingerprint density at radius 3 is 2.55 bits per heavy atom. The zero-order valence-electron chi connectivity index (χ0n) is 11.2. The van der Waals surface area contributed by atoms with Crippen LogP contribution in [0, 0.1) is 5.82 Å². The molecule has 0 atom stereocenters. The van der Waals surface area contributed by atoms with Crippen LogP contribution >= 0.6 is 15.9 Å². The molecule has 0 aromatic heterocycles. The van der Waals surface area contributed by atoms with Gasteiger partial charge in [-0.15, -0.1) is 0 Å². The van der Waals surface area contributed by atoms with E-state index in [0.29, 0.717) is 22.9 Å². The SMILES string of the molecule is O=C(NCCCCCBr)c1ccc(F)c2ccccc12. The second kappa shape index (κ2) is 7.39. The van der Waals surface area contributed by atoms with Crippen molar-refractivity contribution < 1.29 is 9.18 Å². The molecule has 0 aliphatic heterocycles. The van der Waals surface area contributed by atoms with Gasteiger partial charge in [0.15, 0.2) is 0 Å². The van der Waals surface area contributed by atoms with Gasteiger partial charge in [-0.3, -0.25) is 4.79 Å². The fourth-order valence-electron chi connectivity index (χ4n) is 2.15. The van der Waals surface area contributed by atoms with Gasteiger partial charge in [-0.2, -0.15) is 0 Å². The molecule has 106 valence electrons. The normalized spacial score (nSPS) is 10.7. The van der Waals surface area contributed by atoms with Gasteiger partial charge in [-0.05, 0) is 30.4 Å². The first-order valence-corrected chi connectivity index (χ1v) is 7.87. The van der Waals surface area contributed by atoms with Crippen molar-refractivity contribution in [2.24, 2.45) is 0 Å². The molecule has 4 heteroatoms. The van der Waals surface area contributed by atoms with Gasteiger partial charge in [0.2, 0.25) is 0 Å². The van der Waals surface area contributed by atoms with Gasteiger partial charge in [0.05, 0.1) is 0 Å². The third-order valence-electron chi connectivity index (χ3n) is 3.21. The van der Waals surface area contributed by atoms with Crippen molar-refractivity contribution >= 4 is 32.6 Å². The molecule has 0 fully saturated rings. The number of carbonyl (C=O) groups excluding carboxylic acids is 1. The molecule has 0 aliphatic carbocycles. The van der Waals surface area contributed by atoms with Gasteiger partial charge in [-0.1, -0.05) is 46.6 Å². The summed E-state index contributed by atoms with van der Waals surface area (Å²) in [7, 11) is 0. The summed E-state index contributed by atoms with van der Waals surface area (Å²) < 4.78 is 13.7. The van der Waals surface area contributed by atoms with Crippen LogP contribution in [0.25, 0.3) is 10.8 Å². The minimum atomic E-state index is -0.297. The van der Waals surface area contributed by atoms with E-state index in [1.54, 1.807) is 24.3 Å². The van der Waals surface area contributed by atoms with Crippen LogP contribution in [0.5, 0.6) is 0 Å². The standard InChI is InChI=1S/C16H17BrFNO/c17-10-4-1-5-11-19-16(20)14-8-9-15(18)13-7-3-2-6-12(13)14/h2-3,6-9H,1,4-5,10-11H2,(H,19,20). The van der Waals surface area contributed by atoms with Gasteiger partial charge < -0.3 is 5.32 Å². The minimum absolute atomic E-state index is 0.139. The van der Waals surface area contributed by atoms with Gasteiger partial charge >= 0.3 is 0 Å². The van der Waals surface area contributed by atoms with E-state index >= 15 is 0 Å². The van der Waals surface area contributed by atoms with Crippen LogP contribution in [0.1, 0.15) is 29.6 Å². The van der Waals surface area contributed by atoms with Crippen LogP contribution in [0.15, 0.2) is 36.4 Å². The highest BCUT2D eigenvalue weighted by atomic mass is 79.9. The molecule has 1 N–H and O–H groups in total. The van der Waals surface area contributed by atoms with Crippen molar-refractivity contribution in [3.63, 3.8) is 0 Å². The molecule has 0 bridgehead atoms. The monoisotopic (exact) mass is 337 g/mol. The highest BCUT2D eigenvalue weighted by Crippen LogP contribution is 2.21. The molecule has 2 nitrogen and oxygen atoms in total. The van der Waals surface area contributed by atoms with E-state index in [1.807, 2.05) is 6.07 Å². The van der Waals surface area contributed by atoms with Crippen molar-refractivity contribution in [1.82, 2.24) is 5.32 Å². The van der Waals surface area contributed by atoms with Gasteiger partial charge in [0.25, 0.3) is 5.91 Å². The van der Waals surface area contributed by atoms with E-state index < -0.39 is 0 Å². The predicted molar refractivity (Wildman–Crippen MR) is 83.9 cm³/mol. The van der Waals surface area contributed by atoms with Crippen LogP contribution in [0.2, 0.25) is 0 Å². The van der Waals surface area contributed by atoms with Crippen LogP contribution < -0.4 is 5.32 Å². The second-order valence-electron chi connectivity index (χ2n) is 4.65. The third-order valence-corrected chi connectivity index (χ3v) is 3.77. The molecule has 0 radical (unpaired) electrons. The number of carbonyl (C=O) groups is 1. The lowest BCUT2D eigenvalue weighted by Gasteiger charge is -2.08. The summed E-state index contributed by atoms with van der Waals surface area (Å²) in [6, 6.07) is 9.95. The number of hydrogen-bond donors (Lipinski definition) is 1. The average Bonchev–Trinajstić information content (AvgIpc) is 2.47. The highest BCUT2D eigenvalue weighted by molar-refractivity contribution is 9.09. The molecular formula is C16H17BrFNO. The number of halogens is 2. The lowest BCUT2D eigenvalue weighted by Crippen LogP contribution is -2.24. The van der Waals surface area contributed by atoms with Crippen molar-refractivity contribution in [2.75, 3.05) is 11.9 Å². The van der Waals surface area contributed by atoms with E-state index in [2.05, 4.69) is 21.2 Å². The Morgan fingerprint density at radius 1 is 1.05 bits per heavy atom. The number of fused-ring (bicyclic) bond motifs is 1. The number of amides is 1. The van der Waals surface area contributed by atoms with E-state index in [-0.39, 0.29) is 11.7 Å². The first-order valence-electron chi connectivity index (χ1n) is 6.75. The largest absolute Gasteiger partial charge is 0.352 e. The first-order chi connectivity index (χ1) is 9.74. The molecule has 20 heavy (non-hydrogen) atoms. The second-order valence-corrected chi connectivity index (χ2v) is 5.44. The quantitative estimate of drug-likeness (QED) is 0.618. The van der Waals surface area contributed by atoms with Gasteiger partial charge in [-0.25, -0.2) is 4.39 Å². The summed E-state index contributed by atoms with van der Waals surface area (Å²) in [5, 5.41) is 5.03. The molecular weight excluding hydrogens is 321 g/mol. The average molecular weight is 338 g/mol. The predicted octanol–water partition coefficient (Wildman–Crippen LogP) is 4.27. The maximum absolute atomic E-state index is 13.7. The molecule has 0 saturated heterocycles. The fraction of sp³-hybridized carbons (Fsp3) is 0.312. The highest BCUT2D eigenvalue weighted by Gasteiger charge is 2.11. The Kier molecular flexibility index (Phi) is 5.53. The molecule has 2 rings (SSSR count). The molecule has 0 heterocycles. The summed E-state index contributed by atoms with van der Waals surface area (Å²) in [5.41, 5.74) is 0.530. The summed E-state index contributed by atoms with van der Waals surface area (Å²) in [6.07, 6.45) is 3.14. The molecule has 0 unspecified atom stereocenters. The van der Waals surface area contributed by atoms with E-state index in [1.165, 1.54) is 6.07 Å². The molecule has 2 aromatic carbocycles. The third kappa shape index (κ3) is 3.57. The van der Waals surface area contributed by atoms with Crippen molar-refractivity contribution in [1.29, 1.82) is 0 Å². The van der Waals surface area contributed by atoms with Crippen molar-refractivity contribution in [3.8, 4) is 0 Å². The minimum Gasteiger partial charge on any atom is -0.352 e. The summed E-state index contributed by atoms with van der Waals surface area (Å²) in [5.74, 6) is -0.436. The van der Waals surface area contributed by atoms with Crippen LogP contribution in [-0.4, -0.2) is 17.8 Å². The van der Waals surface area contributed by atoms with E-state index in [9.17, 15) is 9.18 Å². The molecule has 0 aliphatic rings. The summed E-state index contributed by atoms with van der Waals surface area (Å²) in [4.78, 5) is 12.2. The summed E-state index contributed by atoms with van der Waals surface area (Å²) in [6.45, 7) is 0.650. The van der Waals surface area contributed by atoms with Gasteiger partial charge in [0, 0.05) is 22.8 Å². The van der Waals surface area contributed by atoms with Crippen molar-refractivity contribution in [2.45, 2.75) is 19.3 Å². The van der Waals surface area contributed by atoms with E-state index in [0.717, 1.165) is 24.6 Å². The Balaban J connectivity index is 2.09. The van der Waals surface area contributed by atoms with Gasteiger partial charge in [0.1, 0.15) is 5.82 Å². The number of benzene rings is 2. The fourth-order valence-corrected chi connectivity index (χ4v) is 2.55. The lowest BCUT2D eigenvalue weighted by atomic mass is 10.0. The van der Waals surface area contributed by atoms with Crippen LogP contribution in [-0.2, 0) is 0 Å².